The summed E-state index contributed by atoms with van der Waals surface area (Å²) in [7, 11) is 3.13. The number of carbonyl (C=O) groups excluding carboxylic acids is 2. The number of hydrogen-bond donors (Lipinski definition) is 2. The van der Waals surface area contributed by atoms with Gasteiger partial charge >= 0.3 is 0 Å². The van der Waals surface area contributed by atoms with Crippen LogP contribution in [0.5, 0.6) is 17.2 Å². The third-order valence-electron chi connectivity index (χ3n) is 4.34. The van der Waals surface area contributed by atoms with Gasteiger partial charge < -0.3 is 19.5 Å². The van der Waals surface area contributed by atoms with Crippen molar-refractivity contribution in [3.63, 3.8) is 0 Å². The van der Waals surface area contributed by atoms with Gasteiger partial charge in [0.15, 0.2) is 11.5 Å². The van der Waals surface area contributed by atoms with Crippen LogP contribution in [0.1, 0.15) is 42.1 Å². The standard InChI is InChI=1S/C23H29N3O5/c1-4-5-14-31-20-11-6-17(15-21(20)30-3)16-25-26-22(27)12-13-24-23(28)18-7-9-19(29-2)10-8-18/h6-11,15-16H,4-5,12-14H2,1-3H3,(H,24,28)(H,26,27). The molecule has 2 rings (SSSR count). The van der Waals surface area contributed by atoms with Crippen LogP contribution in [-0.4, -0.2) is 45.4 Å². The first-order valence-corrected chi connectivity index (χ1v) is 10.1. The van der Waals surface area contributed by atoms with Crippen LogP contribution >= 0.6 is 0 Å². The van der Waals surface area contributed by atoms with Gasteiger partial charge in [-0.1, -0.05) is 13.3 Å². The minimum atomic E-state index is -0.308. The number of unbranched alkanes of at least 4 members (excludes halogenated alkanes) is 1. The highest BCUT2D eigenvalue weighted by Crippen LogP contribution is 2.27. The lowest BCUT2D eigenvalue weighted by molar-refractivity contribution is -0.120. The number of benzene rings is 2. The molecule has 0 aliphatic rings. The van der Waals surface area contributed by atoms with E-state index in [1.807, 2.05) is 12.1 Å². The Balaban J connectivity index is 1.76. The molecule has 0 radical (unpaired) electrons. The van der Waals surface area contributed by atoms with Gasteiger partial charge in [0, 0.05) is 18.5 Å². The van der Waals surface area contributed by atoms with E-state index in [1.165, 1.54) is 6.21 Å². The summed E-state index contributed by atoms with van der Waals surface area (Å²) in [5.74, 6) is 1.38. The van der Waals surface area contributed by atoms with Crippen molar-refractivity contribution in [3.8, 4) is 17.2 Å². The molecule has 0 atom stereocenters. The highest BCUT2D eigenvalue weighted by Gasteiger charge is 2.07. The third-order valence-corrected chi connectivity index (χ3v) is 4.34. The lowest BCUT2D eigenvalue weighted by Crippen LogP contribution is -2.29. The van der Waals surface area contributed by atoms with Gasteiger partial charge in [0.05, 0.1) is 27.0 Å². The van der Waals surface area contributed by atoms with Crippen LogP contribution in [-0.2, 0) is 4.79 Å². The molecular weight excluding hydrogens is 398 g/mol. The minimum absolute atomic E-state index is 0.104. The van der Waals surface area contributed by atoms with Gasteiger partial charge in [0.2, 0.25) is 5.91 Å². The second kappa shape index (κ2) is 12.9. The van der Waals surface area contributed by atoms with Crippen molar-refractivity contribution in [2.24, 2.45) is 5.10 Å². The van der Waals surface area contributed by atoms with Crippen molar-refractivity contribution < 1.29 is 23.8 Å². The number of carbonyl (C=O) groups is 2. The molecule has 0 saturated heterocycles. The molecule has 0 heterocycles. The predicted octanol–water partition coefficient (Wildman–Crippen LogP) is 3.15. The van der Waals surface area contributed by atoms with Crippen molar-refractivity contribution in [1.29, 1.82) is 0 Å². The summed E-state index contributed by atoms with van der Waals surface area (Å²) < 4.78 is 16.1. The van der Waals surface area contributed by atoms with E-state index < -0.39 is 0 Å². The van der Waals surface area contributed by atoms with E-state index >= 15 is 0 Å². The van der Waals surface area contributed by atoms with Gasteiger partial charge in [0.25, 0.3) is 5.91 Å². The molecule has 2 aromatic carbocycles. The second-order valence-corrected chi connectivity index (χ2v) is 6.64. The zero-order valence-electron chi connectivity index (χ0n) is 18.1. The molecule has 0 fully saturated rings. The van der Waals surface area contributed by atoms with Crippen LogP contribution < -0.4 is 25.0 Å². The number of ether oxygens (including phenoxy) is 3. The molecule has 0 aromatic heterocycles. The van der Waals surface area contributed by atoms with Crippen molar-refractivity contribution >= 4 is 18.0 Å². The van der Waals surface area contributed by atoms with E-state index in [2.05, 4.69) is 22.8 Å². The normalized spacial score (nSPS) is 10.5. The van der Waals surface area contributed by atoms with Crippen LogP contribution in [0.25, 0.3) is 0 Å². The molecule has 0 aliphatic carbocycles. The number of nitrogens with one attached hydrogen (secondary N) is 2. The molecule has 2 N–H and O–H groups in total. The first-order chi connectivity index (χ1) is 15.1. The molecule has 2 aromatic rings. The molecular formula is C23H29N3O5. The van der Waals surface area contributed by atoms with Crippen LogP contribution in [0, 0.1) is 0 Å². The Morgan fingerprint density at radius 3 is 2.48 bits per heavy atom. The van der Waals surface area contributed by atoms with E-state index in [4.69, 9.17) is 14.2 Å². The number of methoxy groups -OCH3 is 2. The van der Waals surface area contributed by atoms with Gasteiger partial charge in [-0.3, -0.25) is 9.59 Å². The SMILES string of the molecule is CCCCOc1ccc(C=NNC(=O)CCNC(=O)c2ccc(OC)cc2)cc1OC. The van der Waals surface area contributed by atoms with E-state index in [9.17, 15) is 9.59 Å². The van der Waals surface area contributed by atoms with Crippen molar-refractivity contribution in [3.05, 3.63) is 53.6 Å². The third kappa shape index (κ3) is 8.00. The number of hydrazone groups is 1. The Morgan fingerprint density at radius 1 is 1.03 bits per heavy atom. The Bertz CT molecular complexity index is 881. The van der Waals surface area contributed by atoms with E-state index in [-0.39, 0.29) is 24.8 Å². The molecule has 0 bridgehead atoms. The van der Waals surface area contributed by atoms with Crippen molar-refractivity contribution in [2.45, 2.75) is 26.2 Å². The summed E-state index contributed by atoms with van der Waals surface area (Å²) in [5.41, 5.74) is 3.70. The maximum atomic E-state index is 12.1. The second-order valence-electron chi connectivity index (χ2n) is 6.64. The predicted molar refractivity (Wildman–Crippen MR) is 119 cm³/mol. The Kier molecular flexibility index (Phi) is 9.87. The number of nitrogens with zero attached hydrogens (tertiary/aromatic N) is 1. The fourth-order valence-electron chi connectivity index (χ4n) is 2.58. The molecule has 0 saturated carbocycles. The molecule has 2 amide bonds. The molecule has 0 unspecified atom stereocenters. The lowest BCUT2D eigenvalue weighted by Gasteiger charge is -2.10. The van der Waals surface area contributed by atoms with Gasteiger partial charge in [-0.05, 0) is 54.4 Å². The minimum Gasteiger partial charge on any atom is -0.497 e. The topological polar surface area (TPSA) is 98.2 Å². The van der Waals surface area contributed by atoms with Crippen molar-refractivity contribution in [1.82, 2.24) is 10.7 Å². The van der Waals surface area contributed by atoms with Crippen LogP contribution in [0.15, 0.2) is 47.6 Å². The first-order valence-electron chi connectivity index (χ1n) is 10.1. The summed E-state index contributed by atoms with van der Waals surface area (Å²) in [6, 6.07) is 12.1. The van der Waals surface area contributed by atoms with Crippen LogP contribution in [0.2, 0.25) is 0 Å². The zero-order chi connectivity index (χ0) is 22.5. The van der Waals surface area contributed by atoms with Gasteiger partial charge in [-0.2, -0.15) is 5.10 Å². The van der Waals surface area contributed by atoms with E-state index in [0.717, 1.165) is 18.4 Å². The first kappa shape index (κ1) is 23.7. The summed E-state index contributed by atoms with van der Waals surface area (Å²) in [6.07, 6.45) is 3.65. The highest BCUT2D eigenvalue weighted by atomic mass is 16.5. The van der Waals surface area contributed by atoms with Crippen LogP contribution in [0.3, 0.4) is 0 Å². The zero-order valence-corrected chi connectivity index (χ0v) is 18.1. The molecule has 166 valence electrons. The largest absolute Gasteiger partial charge is 0.497 e. The Morgan fingerprint density at radius 2 is 1.81 bits per heavy atom. The van der Waals surface area contributed by atoms with E-state index in [0.29, 0.717) is 29.4 Å². The lowest BCUT2D eigenvalue weighted by atomic mass is 10.2. The number of rotatable bonds is 12. The summed E-state index contributed by atoms with van der Waals surface area (Å²) in [4.78, 5) is 24.0. The molecule has 31 heavy (non-hydrogen) atoms. The van der Waals surface area contributed by atoms with Crippen molar-refractivity contribution in [2.75, 3.05) is 27.4 Å². The average molecular weight is 428 g/mol. The monoisotopic (exact) mass is 427 g/mol. The number of amides is 2. The summed E-state index contributed by atoms with van der Waals surface area (Å²) >= 11 is 0. The molecule has 8 nitrogen and oxygen atoms in total. The summed E-state index contributed by atoms with van der Waals surface area (Å²) in [5, 5.41) is 6.64. The quantitative estimate of drug-likeness (QED) is 0.308. The Hall–Kier alpha value is -3.55. The summed E-state index contributed by atoms with van der Waals surface area (Å²) in [6.45, 7) is 2.93. The van der Waals surface area contributed by atoms with Crippen LogP contribution in [0.4, 0.5) is 0 Å². The van der Waals surface area contributed by atoms with Gasteiger partial charge in [-0.25, -0.2) is 5.43 Å². The fourth-order valence-corrected chi connectivity index (χ4v) is 2.58. The number of hydrogen-bond acceptors (Lipinski definition) is 6. The van der Waals surface area contributed by atoms with Gasteiger partial charge in [0.1, 0.15) is 5.75 Å². The Labute approximate surface area is 182 Å². The maximum absolute atomic E-state index is 12.1. The molecule has 0 aliphatic heterocycles. The molecule has 8 heteroatoms. The fraction of sp³-hybridized carbons (Fsp3) is 0.348. The van der Waals surface area contributed by atoms with Gasteiger partial charge in [-0.15, -0.1) is 0 Å². The highest BCUT2D eigenvalue weighted by molar-refractivity contribution is 5.94. The van der Waals surface area contributed by atoms with E-state index in [1.54, 1.807) is 44.6 Å². The molecule has 0 spiro atoms. The maximum Gasteiger partial charge on any atom is 0.251 e. The average Bonchev–Trinajstić information content (AvgIpc) is 2.79. The smallest absolute Gasteiger partial charge is 0.251 e.